The fourth-order valence-corrected chi connectivity index (χ4v) is 1.46. The van der Waals surface area contributed by atoms with Crippen LogP contribution in [0.25, 0.3) is 0 Å². The second-order valence-electron chi connectivity index (χ2n) is 5.22. The van der Waals surface area contributed by atoms with Crippen molar-refractivity contribution in [2.45, 2.75) is 46.0 Å². The van der Waals surface area contributed by atoms with Crippen molar-refractivity contribution in [2.24, 2.45) is 5.41 Å². The third kappa shape index (κ3) is 4.44. The van der Waals surface area contributed by atoms with Crippen LogP contribution < -0.4 is 0 Å². The van der Waals surface area contributed by atoms with Gasteiger partial charge in [-0.25, -0.2) is 0 Å². The molecule has 5 heteroatoms. The molecule has 0 aromatic rings. The van der Waals surface area contributed by atoms with Crippen molar-refractivity contribution in [1.29, 1.82) is 0 Å². The van der Waals surface area contributed by atoms with Crippen molar-refractivity contribution in [1.82, 2.24) is 0 Å². The van der Waals surface area contributed by atoms with E-state index in [9.17, 15) is 9.59 Å². The van der Waals surface area contributed by atoms with Crippen molar-refractivity contribution in [3.05, 3.63) is 0 Å². The smallest absolute Gasteiger partial charge is 0.311 e. The van der Waals surface area contributed by atoms with E-state index in [2.05, 4.69) is 0 Å². The van der Waals surface area contributed by atoms with Crippen LogP contribution in [0.1, 0.15) is 33.6 Å². The molecule has 98 valence electrons. The molecule has 1 heterocycles. The van der Waals surface area contributed by atoms with Gasteiger partial charge in [-0.1, -0.05) is 0 Å². The monoisotopic (exact) mass is 244 g/mol. The van der Waals surface area contributed by atoms with Gasteiger partial charge in [-0.3, -0.25) is 9.59 Å². The molecule has 1 saturated heterocycles. The van der Waals surface area contributed by atoms with E-state index in [0.29, 0.717) is 0 Å². The van der Waals surface area contributed by atoms with E-state index in [4.69, 9.17) is 14.2 Å². The number of carbonyl (C=O) groups is 2. The molecule has 0 spiro atoms. The van der Waals surface area contributed by atoms with Gasteiger partial charge in [0.2, 0.25) is 0 Å². The van der Waals surface area contributed by atoms with E-state index >= 15 is 0 Å². The average Bonchev–Trinajstić information content (AvgIpc) is 2.23. The first-order valence-corrected chi connectivity index (χ1v) is 5.70. The van der Waals surface area contributed by atoms with Crippen molar-refractivity contribution < 1.29 is 23.8 Å². The Kier molecular flexibility index (Phi) is 4.65. The lowest BCUT2D eigenvalue weighted by molar-refractivity contribution is -0.197. The van der Waals surface area contributed by atoms with Gasteiger partial charge in [0.1, 0.15) is 18.5 Å². The van der Waals surface area contributed by atoms with Gasteiger partial charge in [0, 0.05) is 13.5 Å². The first-order chi connectivity index (χ1) is 7.82. The molecule has 1 fully saturated rings. The van der Waals surface area contributed by atoms with Crippen LogP contribution in [0.4, 0.5) is 0 Å². The van der Waals surface area contributed by atoms with Crippen LogP contribution in [0.2, 0.25) is 0 Å². The summed E-state index contributed by atoms with van der Waals surface area (Å²) in [6, 6.07) is 0. The maximum absolute atomic E-state index is 11.5. The molecule has 0 N–H and O–H groups in total. The van der Waals surface area contributed by atoms with Crippen LogP contribution in [0, 0.1) is 5.41 Å². The Labute approximate surface area is 101 Å². The fraction of sp³-hybridized carbons (Fsp3) is 0.833. The molecular formula is C12H20O5. The predicted octanol–water partition coefficient (Wildman–Crippen LogP) is 1.30. The molecule has 2 atom stereocenters. The second-order valence-corrected chi connectivity index (χ2v) is 5.22. The number of esters is 1. The molecule has 1 aliphatic rings. The maximum atomic E-state index is 11.5. The van der Waals surface area contributed by atoms with E-state index in [1.54, 1.807) is 20.8 Å². The molecule has 0 radical (unpaired) electrons. The Morgan fingerprint density at radius 2 is 2.06 bits per heavy atom. The molecule has 0 amide bonds. The van der Waals surface area contributed by atoms with E-state index in [1.807, 2.05) is 0 Å². The number of hydrogen-bond acceptors (Lipinski definition) is 5. The molecular weight excluding hydrogens is 224 g/mol. The van der Waals surface area contributed by atoms with Crippen LogP contribution in [-0.2, 0) is 23.8 Å². The lowest BCUT2D eigenvalue weighted by Gasteiger charge is -2.28. The van der Waals surface area contributed by atoms with Gasteiger partial charge in [-0.05, 0) is 20.8 Å². The summed E-state index contributed by atoms with van der Waals surface area (Å²) in [4.78, 5) is 22.9. The summed E-state index contributed by atoms with van der Waals surface area (Å²) in [6.07, 6.45) is -0.376. The Morgan fingerprint density at radius 1 is 1.41 bits per heavy atom. The van der Waals surface area contributed by atoms with Crippen molar-refractivity contribution >= 4 is 11.8 Å². The number of Topliss-reactive ketones (excluding diaryl/α,β-unsaturated/α-hetero) is 1. The highest BCUT2D eigenvalue weighted by molar-refractivity contribution is 5.80. The number of carbonyl (C=O) groups excluding carboxylic acids is 2. The summed E-state index contributed by atoms with van der Waals surface area (Å²) in [5, 5.41) is 0. The van der Waals surface area contributed by atoms with Gasteiger partial charge in [0.15, 0.2) is 6.29 Å². The van der Waals surface area contributed by atoms with Crippen LogP contribution in [0.15, 0.2) is 0 Å². The highest BCUT2D eigenvalue weighted by atomic mass is 16.7. The Bertz CT molecular complexity index is 292. The highest BCUT2D eigenvalue weighted by Gasteiger charge is 2.30. The second kappa shape index (κ2) is 5.60. The molecule has 0 aromatic carbocycles. The van der Waals surface area contributed by atoms with Crippen LogP contribution in [-0.4, -0.2) is 37.9 Å². The highest BCUT2D eigenvalue weighted by Crippen LogP contribution is 2.19. The minimum absolute atomic E-state index is 0.0694. The molecule has 0 aromatic heterocycles. The molecule has 0 saturated carbocycles. The number of ether oxygens (including phenoxy) is 3. The molecule has 5 nitrogen and oxygen atoms in total. The molecule has 0 unspecified atom stereocenters. The summed E-state index contributed by atoms with van der Waals surface area (Å²) in [5.41, 5.74) is -0.542. The number of hydrogen-bond donors (Lipinski definition) is 0. The van der Waals surface area contributed by atoms with Crippen molar-refractivity contribution in [3.63, 3.8) is 0 Å². The standard InChI is InChI=1S/C12H20O5/c1-12(2,3)11(14)16-7-9-5-8(13)6-10(15-4)17-9/h9-10H,5-7H2,1-4H3/t9-,10-/m0/s1. The van der Waals surface area contributed by atoms with Crippen molar-refractivity contribution in [3.8, 4) is 0 Å². The fourth-order valence-electron chi connectivity index (χ4n) is 1.46. The zero-order valence-electron chi connectivity index (χ0n) is 10.8. The van der Waals surface area contributed by atoms with Gasteiger partial charge >= 0.3 is 5.97 Å². The van der Waals surface area contributed by atoms with Crippen LogP contribution >= 0.6 is 0 Å². The van der Waals surface area contributed by atoms with Crippen LogP contribution in [0.5, 0.6) is 0 Å². The number of rotatable bonds is 3. The van der Waals surface area contributed by atoms with Gasteiger partial charge < -0.3 is 14.2 Å². The van der Waals surface area contributed by atoms with Gasteiger partial charge in [-0.2, -0.15) is 0 Å². The summed E-state index contributed by atoms with van der Waals surface area (Å²) >= 11 is 0. The third-order valence-corrected chi connectivity index (χ3v) is 2.47. The summed E-state index contributed by atoms with van der Waals surface area (Å²) < 4.78 is 15.5. The maximum Gasteiger partial charge on any atom is 0.311 e. The van der Waals surface area contributed by atoms with E-state index in [-0.39, 0.29) is 31.2 Å². The largest absolute Gasteiger partial charge is 0.463 e. The van der Waals surface area contributed by atoms with Gasteiger partial charge in [0.05, 0.1) is 11.8 Å². The van der Waals surface area contributed by atoms with Crippen LogP contribution in [0.3, 0.4) is 0 Å². The molecule has 1 aliphatic heterocycles. The summed E-state index contributed by atoms with van der Waals surface area (Å²) in [6.45, 7) is 5.43. The Balaban J connectivity index is 2.41. The quantitative estimate of drug-likeness (QED) is 0.700. The molecule has 17 heavy (non-hydrogen) atoms. The summed E-state index contributed by atoms with van der Waals surface area (Å²) in [7, 11) is 1.49. The minimum atomic E-state index is -0.542. The molecule has 0 bridgehead atoms. The van der Waals surface area contributed by atoms with Gasteiger partial charge in [0.25, 0.3) is 0 Å². The summed E-state index contributed by atoms with van der Waals surface area (Å²) in [5.74, 6) is -0.229. The lowest BCUT2D eigenvalue weighted by atomic mass is 9.97. The SMILES string of the molecule is CO[C@@H]1CC(=O)C[C@@H](COC(=O)C(C)(C)C)O1. The minimum Gasteiger partial charge on any atom is -0.463 e. The molecule has 1 rings (SSSR count). The Hall–Kier alpha value is -0.940. The topological polar surface area (TPSA) is 61.8 Å². The zero-order chi connectivity index (χ0) is 13.1. The number of ketones is 1. The Morgan fingerprint density at radius 3 is 2.59 bits per heavy atom. The van der Waals surface area contributed by atoms with Gasteiger partial charge in [-0.15, -0.1) is 0 Å². The first-order valence-electron chi connectivity index (χ1n) is 5.70. The predicted molar refractivity (Wildman–Crippen MR) is 60.3 cm³/mol. The number of methoxy groups -OCH3 is 1. The zero-order valence-corrected chi connectivity index (χ0v) is 10.8. The van der Waals surface area contributed by atoms with E-state index < -0.39 is 17.8 Å². The molecule has 0 aliphatic carbocycles. The lowest BCUT2D eigenvalue weighted by Crippen LogP contribution is -2.38. The van der Waals surface area contributed by atoms with E-state index in [1.165, 1.54) is 7.11 Å². The normalized spacial score (nSPS) is 25.8. The van der Waals surface area contributed by atoms with E-state index in [0.717, 1.165) is 0 Å². The van der Waals surface area contributed by atoms with Crippen molar-refractivity contribution in [2.75, 3.05) is 13.7 Å². The first kappa shape index (κ1) is 14.1. The third-order valence-electron chi connectivity index (χ3n) is 2.47. The average molecular weight is 244 g/mol.